The third-order valence-electron chi connectivity index (χ3n) is 5.55. The number of hydrogen-bond acceptors (Lipinski definition) is 4. The van der Waals surface area contributed by atoms with Crippen LogP contribution in [0.5, 0.6) is 0 Å². The second-order valence-corrected chi connectivity index (χ2v) is 9.37. The van der Waals surface area contributed by atoms with Gasteiger partial charge in [0.25, 0.3) is 15.6 Å². The molecule has 1 heterocycles. The predicted molar refractivity (Wildman–Crippen MR) is 115 cm³/mol. The molecule has 0 amide bonds. The van der Waals surface area contributed by atoms with Crippen LogP contribution in [0, 0.1) is 6.92 Å². The van der Waals surface area contributed by atoms with Crippen molar-refractivity contribution in [3.8, 4) is 0 Å². The van der Waals surface area contributed by atoms with E-state index in [4.69, 9.17) is 0 Å². The molecular weight excluding hydrogens is 386 g/mol. The zero-order chi connectivity index (χ0) is 20.4. The summed E-state index contributed by atoms with van der Waals surface area (Å²) in [7, 11) is -3.86. The van der Waals surface area contributed by atoms with Crippen molar-refractivity contribution in [2.75, 3.05) is 4.72 Å². The van der Waals surface area contributed by atoms with Gasteiger partial charge >= 0.3 is 0 Å². The fourth-order valence-corrected chi connectivity index (χ4v) is 4.97. The molecule has 0 atom stereocenters. The number of fused-ring (bicyclic) bond motifs is 1. The third kappa shape index (κ3) is 4.05. The first kappa shape index (κ1) is 19.6. The van der Waals surface area contributed by atoms with E-state index in [1.807, 2.05) is 6.92 Å². The second-order valence-electron chi connectivity index (χ2n) is 7.69. The summed E-state index contributed by atoms with van der Waals surface area (Å²) in [6.07, 6.45) is 6.01. The smallest absolute Gasteiger partial charge is 0.264 e. The van der Waals surface area contributed by atoms with E-state index in [-0.39, 0.29) is 22.4 Å². The Morgan fingerprint density at radius 3 is 2.31 bits per heavy atom. The molecule has 6 nitrogen and oxygen atoms in total. The van der Waals surface area contributed by atoms with Crippen molar-refractivity contribution in [1.29, 1.82) is 0 Å². The molecular formula is C22H25N3O3S. The molecule has 2 aromatic carbocycles. The lowest BCUT2D eigenvalue weighted by Crippen LogP contribution is -2.30. The van der Waals surface area contributed by atoms with Gasteiger partial charge in [0, 0.05) is 6.04 Å². The predicted octanol–water partition coefficient (Wildman–Crippen LogP) is 4.40. The van der Waals surface area contributed by atoms with E-state index in [9.17, 15) is 13.2 Å². The van der Waals surface area contributed by atoms with Gasteiger partial charge < -0.3 is 0 Å². The topological polar surface area (TPSA) is 81.1 Å². The number of aryl methyl sites for hydroxylation is 1. The maximum atomic E-state index is 13.3. The summed E-state index contributed by atoms with van der Waals surface area (Å²) >= 11 is 0. The van der Waals surface area contributed by atoms with E-state index >= 15 is 0 Å². The Kier molecular flexibility index (Phi) is 5.41. The molecule has 0 aliphatic heterocycles. The Morgan fingerprint density at radius 1 is 0.966 bits per heavy atom. The number of nitrogens with zero attached hydrogens (tertiary/aromatic N) is 2. The van der Waals surface area contributed by atoms with Crippen LogP contribution >= 0.6 is 0 Å². The van der Waals surface area contributed by atoms with Crippen molar-refractivity contribution in [1.82, 2.24) is 9.55 Å². The van der Waals surface area contributed by atoms with E-state index < -0.39 is 10.0 Å². The molecule has 0 saturated heterocycles. The molecule has 1 aromatic heterocycles. The van der Waals surface area contributed by atoms with Gasteiger partial charge in [-0.25, -0.2) is 18.1 Å². The van der Waals surface area contributed by atoms with Gasteiger partial charge in [0.05, 0.1) is 15.8 Å². The number of benzene rings is 2. The van der Waals surface area contributed by atoms with Gasteiger partial charge in [-0.3, -0.25) is 9.36 Å². The summed E-state index contributed by atoms with van der Waals surface area (Å²) in [6.45, 7) is 1.90. The minimum Gasteiger partial charge on any atom is -0.274 e. The highest BCUT2D eigenvalue weighted by molar-refractivity contribution is 7.92. The van der Waals surface area contributed by atoms with Gasteiger partial charge in [-0.15, -0.1) is 0 Å². The van der Waals surface area contributed by atoms with E-state index in [0.29, 0.717) is 10.9 Å². The fourth-order valence-electron chi connectivity index (χ4n) is 3.97. The molecule has 1 fully saturated rings. The standard InChI is InChI=1S/C22H25N3O3S/c1-16-12-14-18(15-13-16)29(27,28)24-22-23-20-11-7-6-10-19(20)21(26)25(22)17-8-4-2-3-5-9-17/h6-7,10-15,17H,2-5,8-9H2,1H3,(H,23,24). The van der Waals surface area contributed by atoms with Crippen LogP contribution in [0.15, 0.2) is 58.2 Å². The molecule has 1 aliphatic carbocycles. The van der Waals surface area contributed by atoms with Gasteiger partial charge in [0.15, 0.2) is 0 Å². The first-order valence-corrected chi connectivity index (χ1v) is 11.5. The van der Waals surface area contributed by atoms with Crippen molar-refractivity contribution in [3.63, 3.8) is 0 Å². The summed E-state index contributed by atoms with van der Waals surface area (Å²) in [5, 5.41) is 0.509. The van der Waals surface area contributed by atoms with E-state index in [1.54, 1.807) is 53.1 Å². The van der Waals surface area contributed by atoms with Crippen LogP contribution in [-0.4, -0.2) is 18.0 Å². The summed E-state index contributed by atoms with van der Waals surface area (Å²) in [5.41, 5.74) is 1.27. The number of anilines is 1. The summed E-state index contributed by atoms with van der Waals surface area (Å²) < 4.78 is 30.2. The highest BCUT2D eigenvalue weighted by Crippen LogP contribution is 2.29. The van der Waals surface area contributed by atoms with Crippen LogP contribution in [0.3, 0.4) is 0 Å². The van der Waals surface area contributed by atoms with Crippen LogP contribution in [0.4, 0.5) is 5.95 Å². The number of para-hydroxylation sites is 1. The highest BCUT2D eigenvalue weighted by Gasteiger charge is 2.24. The summed E-state index contributed by atoms with van der Waals surface area (Å²) in [5.74, 6) is 0.0983. The van der Waals surface area contributed by atoms with Crippen molar-refractivity contribution in [3.05, 3.63) is 64.4 Å². The molecule has 4 rings (SSSR count). The zero-order valence-electron chi connectivity index (χ0n) is 16.5. The SMILES string of the molecule is Cc1ccc(S(=O)(=O)Nc2nc3ccccc3c(=O)n2C2CCCCCC2)cc1. The zero-order valence-corrected chi connectivity index (χ0v) is 17.3. The second kappa shape index (κ2) is 7.99. The van der Waals surface area contributed by atoms with Gasteiger partial charge in [0.2, 0.25) is 5.95 Å². The average molecular weight is 412 g/mol. The van der Waals surface area contributed by atoms with Gasteiger partial charge in [-0.2, -0.15) is 0 Å². The Labute approximate surface area is 170 Å². The lowest BCUT2D eigenvalue weighted by molar-refractivity contribution is 0.436. The molecule has 29 heavy (non-hydrogen) atoms. The van der Waals surface area contributed by atoms with Crippen LogP contribution in [0.25, 0.3) is 10.9 Å². The van der Waals surface area contributed by atoms with E-state index in [1.165, 1.54) is 0 Å². The first-order chi connectivity index (χ1) is 14.0. The Hall–Kier alpha value is -2.67. The highest BCUT2D eigenvalue weighted by atomic mass is 32.2. The molecule has 0 bridgehead atoms. The van der Waals surface area contributed by atoms with Crippen LogP contribution in [0.1, 0.15) is 50.1 Å². The maximum absolute atomic E-state index is 13.3. The van der Waals surface area contributed by atoms with E-state index in [2.05, 4.69) is 9.71 Å². The van der Waals surface area contributed by atoms with Crippen LogP contribution < -0.4 is 10.3 Å². The number of rotatable bonds is 4. The van der Waals surface area contributed by atoms with Crippen LogP contribution in [0.2, 0.25) is 0 Å². The molecule has 3 aromatic rings. The van der Waals surface area contributed by atoms with Gasteiger partial charge in [0.1, 0.15) is 0 Å². The molecule has 152 valence electrons. The third-order valence-corrected chi connectivity index (χ3v) is 6.90. The van der Waals surface area contributed by atoms with Crippen LogP contribution in [-0.2, 0) is 10.0 Å². The molecule has 1 saturated carbocycles. The Balaban J connectivity index is 1.84. The summed E-state index contributed by atoms with van der Waals surface area (Å²) in [4.78, 5) is 18.0. The minimum absolute atomic E-state index is 0.0576. The van der Waals surface area contributed by atoms with Crippen molar-refractivity contribution in [2.24, 2.45) is 0 Å². The monoisotopic (exact) mass is 411 g/mol. The fraction of sp³-hybridized carbons (Fsp3) is 0.364. The largest absolute Gasteiger partial charge is 0.274 e. The Morgan fingerprint density at radius 2 is 1.62 bits per heavy atom. The van der Waals surface area contributed by atoms with Crippen molar-refractivity contribution >= 4 is 26.9 Å². The molecule has 0 radical (unpaired) electrons. The number of hydrogen-bond donors (Lipinski definition) is 1. The number of sulfonamides is 1. The molecule has 0 unspecified atom stereocenters. The first-order valence-electron chi connectivity index (χ1n) is 10.1. The molecule has 7 heteroatoms. The van der Waals surface area contributed by atoms with Crippen molar-refractivity contribution < 1.29 is 8.42 Å². The van der Waals surface area contributed by atoms with E-state index in [0.717, 1.165) is 44.1 Å². The van der Waals surface area contributed by atoms with Crippen molar-refractivity contribution in [2.45, 2.75) is 56.4 Å². The molecule has 0 spiro atoms. The van der Waals surface area contributed by atoms with Gasteiger partial charge in [-0.05, 0) is 44.0 Å². The lowest BCUT2D eigenvalue weighted by Gasteiger charge is -2.22. The summed E-state index contributed by atoms with van der Waals surface area (Å²) in [6, 6.07) is 13.6. The Bertz CT molecular complexity index is 1180. The van der Waals surface area contributed by atoms with Gasteiger partial charge in [-0.1, -0.05) is 55.5 Å². The molecule has 1 N–H and O–H groups in total. The number of nitrogens with one attached hydrogen (secondary N) is 1. The number of aromatic nitrogens is 2. The minimum atomic E-state index is -3.86. The lowest BCUT2D eigenvalue weighted by atomic mass is 10.1. The average Bonchev–Trinajstić information content (AvgIpc) is 2.97. The maximum Gasteiger partial charge on any atom is 0.264 e. The molecule has 1 aliphatic rings. The normalized spacial score (nSPS) is 15.9. The quantitative estimate of drug-likeness (QED) is 0.645.